The summed E-state index contributed by atoms with van der Waals surface area (Å²) in [7, 11) is 1.80. The fourth-order valence-corrected chi connectivity index (χ4v) is 2.35. The number of carbonyl (C=O) groups is 1. The van der Waals surface area contributed by atoms with Crippen molar-refractivity contribution in [1.82, 2.24) is 15.5 Å². The number of nitrogens with one attached hydrogen (secondary N) is 2. The molecular weight excluding hydrogens is 190 g/mol. The van der Waals surface area contributed by atoms with Crippen LogP contribution in [-0.2, 0) is 4.79 Å². The maximum Gasteiger partial charge on any atom is 0.234 e. The van der Waals surface area contributed by atoms with Gasteiger partial charge in [-0.2, -0.15) is 0 Å². The molecule has 2 rings (SSSR count). The molecule has 0 radical (unpaired) electrons. The van der Waals surface area contributed by atoms with Crippen LogP contribution in [0, 0.1) is 5.92 Å². The van der Waals surface area contributed by atoms with E-state index in [0.717, 1.165) is 19.1 Å². The Morgan fingerprint density at radius 3 is 2.73 bits per heavy atom. The predicted octanol–water partition coefficient (Wildman–Crippen LogP) is -0.195. The van der Waals surface area contributed by atoms with Gasteiger partial charge < -0.3 is 10.6 Å². The van der Waals surface area contributed by atoms with E-state index in [1.807, 2.05) is 0 Å². The summed E-state index contributed by atoms with van der Waals surface area (Å²) < 4.78 is 0. The number of amides is 1. The summed E-state index contributed by atoms with van der Waals surface area (Å²) in [6.07, 6.45) is 2.70. The van der Waals surface area contributed by atoms with Crippen LogP contribution in [0.2, 0.25) is 0 Å². The minimum absolute atomic E-state index is 0.118. The number of rotatable bonds is 4. The van der Waals surface area contributed by atoms with Crippen molar-refractivity contribution < 1.29 is 4.79 Å². The summed E-state index contributed by atoms with van der Waals surface area (Å²) in [6, 6.07) is 1.17. The van der Waals surface area contributed by atoms with E-state index in [1.165, 1.54) is 12.8 Å². The summed E-state index contributed by atoms with van der Waals surface area (Å²) in [5.41, 5.74) is 0. The van der Waals surface area contributed by atoms with Crippen LogP contribution in [0.25, 0.3) is 0 Å². The van der Waals surface area contributed by atoms with Crippen molar-refractivity contribution in [2.24, 2.45) is 5.92 Å². The molecule has 1 heterocycles. The van der Waals surface area contributed by atoms with Gasteiger partial charge in [0.15, 0.2) is 0 Å². The molecule has 15 heavy (non-hydrogen) atoms. The number of carbonyl (C=O) groups excluding carboxylic acids is 1. The lowest BCUT2D eigenvalue weighted by Gasteiger charge is -2.16. The molecule has 0 aromatic rings. The number of hydrogen-bond donors (Lipinski definition) is 2. The highest BCUT2D eigenvalue weighted by molar-refractivity contribution is 5.78. The summed E-state index contributed by atoms with van der Waals surface area (Å²) >= 11 is 0. The zero-order valence-corrected chi connectivity index (χ0v) is 9.62. The number of likely N-dealkylation sites (N-methyl/N-ethyl adjacent to an activating group) is 1. The maximum absolute atomic E-state index is 11.4. The fourth-order valence-electron chi connectivity index (χ4n) is 2.35. The minimum Gasteiger partial charge on any atom is -0.351 e. The second-order valence-corrected chi connectivity index (χ2v) is 4.87. The monoisotopic (exact) mass is 211 g/mol. The van der Waals surface area contributed by atoms with Crippen LogP contribution in [0.3, 0.4) is 0 Å². The average Bonchev–Trinajstić information content (AvgIpc) is 2.94. The largest absolute Gasteiger partial charge is 0.351 e. The third-order valence-electron chi connectivity index (χ3n) is 3.39. The normalized spacial score (nSPS) is 31.9. The van der Waals surface area contributed by atoms with Gasteiger partial charge in [0.2, 0.25) is 5.91 Å². The molecule has 1 saturated heterocycles. The van der Waals surface area contributed by atoms with Gasteiger partial charge in [-0.15, -0.1) is 0 Å². The van der Waals surface area contributed by atoms with Gasteiger partial charge in [0.05, 0.1) is 6.54 Å². The Bertz CT molecular complexity index is 240. The molecule has 1 amide bonds. The zero-order chi connectivity index (χ0) is 10.8. The van der Waals surface area contributed by atoms with Crippen molar-refractivity contribution in [2.45, 2.75) is 31.8 Å². The first kappa shape index (κ1) is 10.9. The SMILES string of the molecule is CNCC(=O)NC1CN(C2CC2)CC1C. The van der Waals surface area contributed by atoms with E-state index in [0.29, 0.717) is 18.5 Å². The molecule has 2 unspecified atom stereocenters. The fraction of sp³-hybridized carbons (Fsp3) is 0.909. The van der Waals surface area contributed by atoms with Crippen molar-refractivity contribution in [3.63, 3.8) is 0 Å². The van der Waals surface area contributed by atoms with E-state index >= 15 is 0 Å². The van der Waals surface area contributed by atoms with Gasteiger partial charge in [0.1, 0.15) is 0 Å². The molecule has 2 fully saturated rings. The van der Waals surface area contributed by atoms with Gasteiger partial charge in [-0.3, -0.25) is 9.69 Å². The molecule has 1 saturated carbocycles. The summed E-state index contributed by atoms with van der Waals surface area (Å²) in [4.78, 5) is 14.0. The van der Waals surface area contributed by atoms with Crippen molar-refractivity contribution in [1.29, 1.82) is 0 Å². The topological polar surface area (TPSA) is 44.4 Å². The van der Waals surface area contributed by atoms with E-state index in [-0.39, 0.29) is 5.91 Å². The summed E-state index contributed by atoms with van der Waals surface area (Å²) in [6.45, 7) is 4.84. The number of likely N-dealkylation sites (tertiary alicyclic amines) is 1. The van der Waals surface area contributed by atoms with Gasteiger partial charge in [-0.05, 0) is 25.8 Å². The van der Waals surface area contributed by atoms with E-state index in [2.05, 4.69) is 22.5 Å². The minimum atomic E-state index is 0.118. The first-order valence-corrected chi connectivity index (χ1v) is 5.88. The lowest BCUT2D eigenvalue weighted by atomic mass is 10.1. The Kier molecular flexibility index (Phi) is 3.26. The smallest absolute Gasteiger partial charge is 0.234 e. The van der Waals surface area contributed by atoms with E-state index in [1.54, 1.807) is 7.05 Å². The Balaban J connectivity index is 1.79. The molecule has 4 heteroatoms. The Hall–Kier alpha value is -0.610. The van der Waals surface area contributed by atoms with Crippen LogP contribution in [0.1, 0.15) is 19.8 Å². The first-order chi connectivity index (χ1) is 7.20. The van der Waals surface area contributed by atoms with Crippen LogP contribution in [0.15, 0.2) is 0 Å². The predicted molar refractivity (Wildman–Crippen MR) is 59.6 cm³/mol. The Morgan fingerprint density at radius 1 is 1.40 bits per heavy atom. The first-order valence-electron chi connectivity index (χ1n) is 5.88. The van der Waals surface area contributed by atoms with E-state index < -0.39 is 0 Å². The molecular formula is C11H21N3O. The highest BCUT2D eigenvalue weighted by atomic mass is 16.2. The van der Waals surface area contributed by atoms with Crippen LogP contribution < -0.4 is 10.6 Å². The summed E-state index contributed by atoms with van der Waals surface area (Å²) in [5.74, 6) is 0.707. The van der Waals surface area contributed by atoms with Crippen molar-refractivity contribution >= 4 is 5.91 Å². The van der Waals surface area contributed by atoms with Crippen molar-refractivity contribution in [2.75, 3.05) is 26.7 Å². The molecule has 1 aliphatic heterocycles. The van der Waals surface area contributed by atoms with Crippen LogP contribution in [-0.4, -0.2) is 49.6 Å². The standard InChI is InChI=1S/C11H21N3O/c1-8-6-14(9-3-4-9)7-10(8)13-11(15)5-12-2/h8-10,12H,3-7H2,1-2H3,(H,13,15). The highest BCUT2D eigenvalue weighted by Gasteiger charge is 2.38. The third-order valence-corrected chi connectivity index (χ3v) is 3.39. The van der Waals surface area contributed by atoms with Gasteiger partial charge >= 0.3 is 0 Å². The maximum atomic E-state index is 11.4. The molecule has 1 aliphatic carbocycles. The van der Waals surface area contributed by atoms with Crippen LogP contribution in [0.5, 0.6) is 0 Å². The molecule has 0 aromatic heterocycles. The molecule has 0 spiro atoms. The highest BCUT2D eigenvalue weighted by Crippen LogP contribution is 2.31. The van der Waals surface area contributed by atoms with Gasteiger partial charge in [-0.25, -0.2) is 0 Å². The molecule has 0 aromatic carbocycles. The lowest BCUT2D eigenvalue weighted by molar-refractivity contribution is -0.121. The van der Waals surface area contributed by atoms with Crippen molar-refractivity contribution in [3.8, 4) is 0 Å². The number of hydrogen-bond acceptors (Lipinski definition) is 3. The quantitative estimate of drug-likeness (QED) is 0.677. The Morgan fingerprint density at radius 2 is 2.13 bits per heavy atom. The van der Waals surface area contributed by atoms with Crippen LogP contribution >= 0.6 is 0 Å². The molecule has 2 aliphatic rings. The average molecular weight is 211 g/mol. The van der Waals surface area contributed by atoms with E-state index in [9.17, 15) is 4.79 Å². The zero-order valence-electron chi connectivity index (χ0n) is 9.62. The van der Waals surface area contributed by atoms with Gasteiger partial charge in [-0.1, -0.05) is 6.92 Å². The van der Waals surface area contributed by atoms with E-state index in [4.69, 9.17) is 0 Å². The molecule has 2 N–H and O–H groups in total. The summed E-state index contributed by atoms with van der Waals surface area (Å²) in [5, 5.41) is 5.98. The molecule has 4 nitrogen and oxygen atoms in total. The van der Waals surface area contributed by atoms with Crippen molar-refractivity contribution in [3.05, 3.63) is 0 Å². The second kappa shape index (κ2) is 4.49. The molecule has 2 atom stereocenters. The second-order valence-electron chi connectivity index (χ2n) is 4.87. The van der Waals surface area contributed by atoms with Crippen LogP contribution in [0.4, 0.5) is 0 Å². The Labute approximate surface area is 91.4 Å². The van der Waals surface area contributed by atoms with Gasteiger partial charge in [0.25, 0.3) is 0 Å². The van der Waals surface area contributed by atoms with Gasteiger partial charge in [0, 0.05) is 25.2 Å². The molecule has 0 bridgehead atoms. The lowest BCUT2D eigenvalue weighted by Crippen LogP contribution is -2.43. The third kappa shape index (κ3) is 2.69. The molecule has 86 valence electrons. The number of nitrogens with zero attached hydrogens (tertiary/aromatic N) is 1.